The zero-order chi connectivity index (χ0) is 19.0. The van der Waals surface area contributed by atoms with Gasteiger partial charge in [-0.1, -0.05) is 11.6 Å². The minimum Gasteiger partial charge on any atom is -0.353 e. The molecular formula is C20H26ClN5O. The van der Waals surface area contributed by atoms with Crippen LogP contribution >= 0.6 is 11.6 Å². The minimum absolute atomic E-state index is 0.0826. The fourth-order valence-corrected chi connectivity index (χ4v) is 4.46. The van der Waals surface area contributed by atoms with E-state index in [9.17, 15) is 4.79 Å². The van der Waals surface area contributed by atoms with Gasteiger partial charge in [-0.2, -0.15) is 5.10 Å². The number of nitrogens with one attached hydrogen (secondary N) is 3. The molecule has 1 saturated heterocycles. The molecule has 2 aromatic rings. The molecule has 3 atom stereocenters. The maximum atomic E-state index is 12.7. The highest BCUT2D eigenvalue weighted by Crippen LogP contribution is 2.27. The Hall–Kier alpha value is -1.89. The number of nitrogens with zero attached hydrogens (tertiary/aromatic N) is 2. The van der Waals surface area contributed by atoms with Gasteiger partial charge in [0.2, 0.25) is 5.91 Å². The van der Waals surface area contributed by atoms with Crippen LogP contribution in [-0.2, 0) is 11.2 Å². The maximum Gasteiger partial charge on any atom is 0.224 e. The fraction of sp³-hybridized carbons (Fsp3) is 0.500. The molecule has 7 heteroatoms. The highest BCUT2D eigenvalue weighted by atomic mass is 35.5. The summed E-state index contributed by atoms with van der Waals surface area (Å²) in [5, 5.41) is 8.57. The molecule has 2 heterocycles. The zero-order valence-electron chi connectivity index (χ0n) is 15.8. The third-order valence-corrected chi connectivity index (χ3v) is 6.10. The predicted molar refractivity (Wildman–Crippen MR) is 106 cm³/mol. The van der Waals surface area contributed by atoms with Crippen LogP contribution in [0.5, 0.6) is 0 Å². The molecule has 6 nitrogen and oxygen atoms in total. The van der Waals surface area contributed by atoms with Crippen LogP contribution in [0.2, 0.25) is 5.02 Å². The Morgan fingerprint density at radius 1 is 1.30 bits per heavy atom. The summed E-state index contributed by atoms with van der Waals surface area (Å²) in [6, 6.07) is 8.40. The molecule has 0 spiro atoms. The quantitative estimate of drug-likeness (QED) is 0.753. The van der Waals surface area contributed by atoms with Crippen LogP contribution in [0.3, 0.4) is 0 Å². The average molecular weight is 388 g/mol. The monoisotopic (exact) mass is 387 g/mol. The van der Waals surface area contributed by atoms with Crippen molar-refractivity contribution in [2.24, 2.45) is 5.92 Å². The topological polar surface area (TPSA) is 71.0 Å². The zero-order valence-corrected chi connectivity index (χ0v) is 16.5. The van der Waals surface area contributed by atoms with E-state index >= 15 is 0 Å². The number of rotatable bonds is 4. The molecule has 0 radical (unpaired) electrons. The second-order valence-corrected chi connectivity index (χ2v) is 8.12. The summed E-state index contributed by atoms with van der Waals surface area (Å²) in [6.07, 6.45) is 3.55. The van der Waals surface area contributed by atoms with Crippen LogP contribution in [0.25, 0.3) is 5.69 Å². The van der Waals surface area contributed by atoms with Crippen molar-refractivity contribution in [3.05, 3.63) is 46.2 Å². The van der Waals surface area contributed by atoms with Gasteiger partial charge < -0.3 is 5.32 Å². The Morgan fingerprint density at radius 3 is 2.85 bits per heavy atom. The standard InChI is InChI=1S/C20H26ClN5O/c1-12-18(13(2)26(25-12)17-6-3-15(21)4-7-17)10-20(27)23-16-5-8-19-14(9-16)11-22-24-19/h3-4,6-7,14,16,19,22,24H,5,8-11H2,1-2H3,(H,23,27). The van der Waals surface area contributed by atoms with Crippen molar-refractivity contribution in [1.82, 2.24) is 25.9 Å². The van der Waals surface area contributed by atoms with Crippen molar-refractivity contribution in [2.75, 3.05) is 6.54 Å². The number of halogens is 1. The molecule has 1 aliphatic heterocycles. The molecule has 4 rings (SSSR count). The van der Waals surface area contributed by atoms with Gasteiger partial charge in [0.05, 0.1) is 17.8 Å². The summed E-state index contributed by atoms with van der Waals surface area (Å²) in [5.74, 6) is 0.694. The first-order valence-electron chi connectivity index (χ1n) is 9.60. The molecule has 3 unspecified atom stereocenters. The fourth-order valence-electron chi connectivity index (χ4n) is 4.34. The van der Waals surface area contributed by atoms with E-state index in [4.69, 9.17) is 11.6 Å². The molecule has 1 saturated carbocycles. The molecule has 0 bridgehead atoms. The molecule has 144 valence electrons. The first kappa shape index (κ1) is 18.5. The van der Waals surface area contributed by atoms with Crippen LogP contribution in [0.4, 0.5) is 0 Å². The minimum atomic E-state index is 0.0826. The lowest BCUT2D eigenvalue weighted by Gasteiger charge is -2.31. The number of aryl methyl sites for hydroxylation is 1. The Bertz CT molecular complexity index is 832. The molecule has 27 heavy (non-hydrogen) atoms. The maximum absolute atomic E-state index is 12.7. The van der Waals surface area contributed by atoms with Gasteiger partial charge in [-0.05, 0) is 63.3 Å². The highest BCUT2D eigenvalue weighted by molar-refractivity contribution is 6.30. The molecule has 1 amide bonds. The van der Waals surface area contributed by atoms with Crippen molar-refractivity contribution in [2.45, 2.75) is 51.6 Å². The molecule has 1 aromatic heterocycles. The van der Waals surface area contributed by atoms with E-state index in [1.54, 1.807) is 0 Å². The second kappa shape index (κ2) is 7.62. The Labute approximate surface area is 164 Å². The lowest BCUT2D eigenvalue weighted by molar-refractivity contribution is -0.121. The summed E-state index contributed by atoms with van der Waals surface area (Å²) in [7, 11) is 0. The van der Waals surface area contributed by atoms with Gasteiger partial charge in [0.25, 0.3) is 0 Å². The van der Waals surface area contributed by atoms with Gasteiger partial charge >= 0.3 is 0 Å². The van der Waals surface area contributed by atoms with Gasteiger partial charge in [-0.3, -0.25) is 15.6 Å². The smallest absolute Gasteiger partial charge is 0.224 e. The van der Waals surface area contributed by atoms with Crippen molar-refractivity contribution in [1.29, 1.82) is 0 Å². The van der Waals surface area contributed by atoms with Gasteiger partial charge in [0, 0.05) is 34.9 Å². The van der Waals surface area contributed by atoms with E-state index < -0.39 is 0 Å². The number of hydrogen-bond donors (Lipinski definition) is 3. The van der Waals surface area contributed by atoms with E-state index in [-0.39, 0.29) is 11.9 Å². The second-order valence-electron chi connectivity index (χ2n) is 7.68. The molecule has 2 fully saturated rings. The normalized spacial score (nSPS) is 24.6. The van der Waals surface area contributed by atoms with Crippen LogP contribution in [0.15, 0.2) is 24.3 Å². The van der Waals surface area contributed by atoms with Crippen molar-refractivity contribution in [3.8, 4) is 5.69 Å². The van der Waals surface area contributed by atoms with Crippen LogP contribution in [0, 0.1) is 19.8 Å². The van der Waals surface area contributed by atoms with Crippen molar-refractivity contribution < 1.29 is 4.79 Å². The number of amides is 1. The van der Waals surface area contributed by atoms with Gasteiger partial charge in [0.15, 0.2) is 0 Å². The SMILES string of the molecule is Cc1nn(-c2ccc(Cl)cc2)c(C)c1CC(=O)NC1CCC2NNCC2C1. The predicted octanol–water partition coefficient (Wildman–Crippen LogP) is 2.45. The third kappa shape index (κ3) is 3.88. The number of carbonyl (C=O) groups is 1. The van der Waals surface area contributed by atoms with E-state index in [0.717, 1.165) is 48.4 Å². The van der Waals surface area contributed by atoms with Gasteiger partial charge in [-0.15, -0.1) is 0 Å². The number of benzene rings is 1. The summed E-state index contributed by atoms with van der Waals surface area (Å²) >= 11 is 5.98. The number of carbonyl (C=O) groups excluding carboxylic acids is 1. The van der Waals surface area contributed by atoms with E-state index in [2.05, 4.69) is 21.3 Å². The number of hydrazine groups is 1. The number of aromatic nitrogens is 2. The van der Waals surface area contributed by atoms with E-state index in [1.807, 2.05) is 42.8 Å². The first-order chi connectivity index (χ1) is 13.0. The molecule has 1 aromatic carbocycles. The first-order valence-corrected chi connectivity index (χ1v) is 9.98. The third-order valence-electron chi connectivity index (χ3n) is 5.85. The Balaban J connectivity index is 1.43. The Morgan fingerprint density at radius 2 is 2.07 bits per heavy atom. The van der Waals surface area contributed by atoms with Crippen molar-refractivity contribution in [3.63, 3.8) is 0 Å². The molecule has 1 aliphatic carbocycles. The lowest BCUT2D eigenvalue weighted by Crippen LogP contribution is -2.44. The van der Waals surface area contributed by atoms with Crippen LogP contribution in [-0.4, -0.2) is 34.3 Å². The summed E-state index contributed by atoms with van der Waals surface area (Å²) in [5.41, 5.74) is 10.4. The summed E-state index contributed by atoms with van der Waals surface area (Å²) < 4.78 is 1.88. The summed E-state index contributed by atoms with van der Waals surface area (Å²) in [6.45, 7) is 4.96. The van der Waals surface area contributed by atoms with Crippen LogP contribution in [0.1, 0.15) is 36.2 Å². The van der Waals surface area contributed by atoms with Gasteiger partial charge in [-0.25, -0.2) is 4.68 Å². The molecule has 3 N–H and O–H groups in total. The van der Waals surface area contributed by atoms with Crippen molar-refractivity contribution >= 4 is 17.5 Å². The molecule has 2 aliphatic rings. The average Bonchev–Trinajstić information content (AvgIpc) is 3.22. The van der Waals surface area contributed by atoms with Gasteiger partial charge in [0.1, 0.15) is 0 Å². The number of hydrogen-bond acceptors (Lipinski definition) is 4. The molecular weight excluding hydrogens is 362 g/mol. The largest absolute Gasteiger partial charge is 0.353 e. The van der Waals surface area contributed by atoms with E-state index in [1.165, 1.54) is 0 Å². The lowest BCUT2D eigenvalue weighted by atomic mass is 9.83. The van der Waals surface area contributed by atoms with E-state index in [0.29, 0.717) is 23.4 Å². The van der Waals surface area contributed by atoms with Crippen LogP contribution < -0.4 is 16.2 Å². The Kier molecular flexibility index (Phi) is 5.21. The summed E-state index contributed by atoms with van der Waals surface area (Å²) in [4.78, 5) is 12.7. The number of fused-ring (bicyclic) bond motifs is 1. The highest BCUT2D eigenvalue weighted by Gasteiger charge is 2.34.